The maximum Gasteiger partial charge on any atom is 0.122 e. The summed E-state index contributed by atoms with van der Waals surface area (Å²) in [5.74, 6) is 2.16. The van der Waals surface area contributed by atoms with Gasteiger partial charge in [-0.3, -0.25) is 0 Å². The van der Waals surface area contributed by atoms with Crippen molar-refractivity contribution in [1.29, 1.82) is 0 Å². The lowest BCUT2D eigenvalue weighted by Crippen LogP contribution is -2.18. The molecule has 0 aliphatic heterocycles. The molecule has 2 heteroatoms. The van der Waals surface area contributed by atoms with Gasteiger partial charge in [-0.15, -0.1) is 0 Å². The molecular weight excluding hydrogens is 222 g/mol. The minimum absolute atomic E-state index is 0.263. The largest absolute Gasteiger partial charge is 0.496 e. The van der Waals surface area contributed by atoms with Crippen LogP contribution in [0.2, 0.25) is 0 Å². The Morgan fingerprint density at radius 3 is 2.67 bits per heavy atom. The highest BCUT2D eigenvalue weighted by Crippen LogP contribution is 2.53. The van der Waals surface area contributed by atoms with Crippen LogP contribution in [0.4, 0.5) is 0 Å². The van der Waals surface area contributed by atoms with Gasteiger partial charge in [0.2, 0.25) is 0 Å². The Bertz CT molecular complexity index is 576. The number of benzene rings is 2. The molecule has 2 N–H and O–H groups in total. The van der Waals surface area contributed by atoms with Crippen molar-refractivity contribution in [2.45, 2.75) is 25.3 Å². The van der Waals surface area contributed by atoms with Gasteiger partial charge in [-0.05, 0) is 42.0 Å². The van der Waals surface area contributed by atoms with Gasteiger partial charge in [0.1, 0.15) is 5.75 Å². The minimum Gasteiger partial charge on any atom is -0.496 e. The van der Waals surface area contributed by atoms with Crippen LogP contribution in [0.5, 0.6) is 5.75 Å². The first-order valence-corrected chi connectivity index (χ1v) is 6.53. The van der Waals surface area contributed by atoms with Gasteiger partial charge in [0, 0.05) is 11.6 Å². The molecule has 1 aliphatic rings. The lowest BCUT2D eigenvalue weighted by molar-refractivity contribution is 0.409. The van der Waals surface area contributed by atoms with Crippen LogP contribution < -0.4 is 10.5 Å². The highest BCUT2D eigenvalue weighted by molar-refractivity contribution is 5.88. The molecule has 0 spiro atoms. The molecule has 1 saturated carbocycles. The summed E-state index contributed by atoms with van der Waals surface area (Å²) in [4.78, 5) is 0. The lowest BCUT2D eigenvalue weighted by atomic mass is 9.98. The van der Waals surface area contributed by atoms with Crippen molar-refractivity contribution >= 4 is 10.8 Å². The zero-order valence-corrected chi connectivity index (χ0v) is 10.9. The van der Waals surface area contributed by atoms with E-state index in [2.05, 4.69) is 43.3 Å². The molecule has 2 nitrogen and oxygen atoms in total. The molecule has 3 atom stereocenters. The molecule has 1 fully saturated rings. The topological polar surface area (TPSA) is 35.2 Å². The Balaban J connectivity index is 2.14. The number of fused-ring (bicyclic) bond motifs is 1. The van der Waals surface area contributed by atoms with E-state index in [1.807, 2.05) is 0 Å². The third-order valence-corrected chi connectivity index (χ3v) is 4.04. The van der Waals surface area contributed by atoms with Gasteiger partial charge >= 0.3 is 0 Å². The number of rotatable bonds is 3. The standard InChI is InChI=1S/C16H19NO/c1-10(17)13-9-14(13)16-12-6-4-3-5-11(12)7-8-15(16)18-2/h3-8,10,13-14H,9,17H2,1-2H3/t10-,13-,14+/m1/s1. The summed E-state index contributed by atoms with van der Waals surface area (Å²) in [5, 5.41) is 2.59. The number of methoxy groups -OCH3 is 1. The monoisotopic (exact) mass is 241 g/mol. The fourth-order valence-corrected chi connectivity index (χ4v) is 2.96. The maximum atomic E-state index is 6.02. The van der Waals surface area contributed by atoms with E-state index in [4.69, 9.17) is 10.5 Å². The van der Waals surface area contributed by atoms with E-state index >= 15 is 0 Å². The molecule has 94 valence electrons. The van der Waals surface area contributed by atoms with Crippen LogP contribution in [0.1, 0.15) is 24.8 Å². The second-order valence-electron chi connectivity index (χ2n) is 5.27. The Kier molecular flexibility index (Phi) is 2.75. The van der Waals surface area contributed by atoms with Crippen LogP contribution in [-0.4, -0.2) is 13.2 Å². The fourth-order valence-electron chi connectivity index (χ4n) is 2.96. The third-order valence-electron chi connectivity index (χ3n) is 4.04. The predicted molar refractivity (Wildman–Crippen MR) is 75.0 cm³/mol. The second kappa shape index (κ2) is 4.29. The molecule has 0 aromatic heterocycles. The van der Waals surface area contributed by atoms with Gasteiger partial charge in [-0.1, -0.05) is 30.3 Å². The van der Waals surface area contributed by atoms with Gasteiger partial charge < -0.3 is 10.5 Å². The summed E-state index contributed by atoms with van der Waals surface area (Å²) in [5.41, 5.74) is 7.37. The molecule has 3 rings (SSSR count). The number of hydrogen-bond donors (Lipinski definition) is 1. The minimum atomic E-state index is 0.263. The van der Waals surface area contributed by atoms with Crippen molar-refractivity contribution in [3.05, 3.63) is 42.0 Å². The van der Waals surface area contributed by atoms with Gasteiger partial charge in [0.25, 0.3) is 0 Å². The van der Waals surface area contributed by atoms with Crippen LogP contribution in [0, 0.1) is 5.92 Å². The summed E-state index contributed by atoms with van der Waals surface area (Å²) in [6.45, 7) is 2.10. The predicted octanol–water partition coefficient (Wildman–Crippen LogP) is 3.30. The Morgan fingerprint density at radius 2 is 2.00 bits per heavy atom. The number of nitrogens with two attached hydrogens (primary N) is 1. The van der Waals surface area contributed by atoms with E-state index in [9.17, 15) is 0 Å². The molecule has 2 aromatic carbocycles. The van der Waals surface area contributed by atoms with Gasteiger partial charge in [-0.2, -0.15) is 0 Å². The van der Waals surface area contributed by atoms with Gasteiger partial charge in [-0.25, -0.2) is 0 Å². The van der Waals surface area contributed by atoms with Crippen LogP contribution in [-0.2, 0) is 0 Å². The lowest BCUT2D eigenvalue weighted by Gasteiger charge is -2.13. The summed E-state index contributed by atoms with van der Waals surface area (Å²) >= 11 is 0. The van der Waals surface area contributed by atoms with E-state index < -0.39 is 0 Å². The molecule has 1 aliphatic carbocycles. The quantitative estimate of drug-likeness (QED) is 0.894. The summed E-state index contributed by atoms with van der Waals surface area (Å²) in [6.07, 6.45) is 1.18. The van der Waals surface area contributed by atoms with E-state index in [1.165, 1.54) is 22.8 Å². The van der Waals surface area contributed by atoms with Crippen molar-refractivity contribution in [3.63, 3.8) is 0 Å². The third kappa shape index (κ3) is 1.77. The molecule has 0 saturated heterocycles. The number of ether oxygens (including phenoxy) is 1. The Hall–Kier alpha value is -1.54. The van der Waals surface area contributed by atoms with Crippen LogP contribution in [0.3, 0.4) is 0 Å². The SMILES string of the molecule is COc1ccc2ccccc2c1[C@H]1C[C@@H]1[C@@H](C)N. The highest BCUT2D eigenvalue weighted by Gasteiger charge is 2.43. The summed E-state index contributed by atoms with van der Waals surface area (Å²) < 4.78 is 5.54. The van der Waals surface area contributed by atoms with Gasteiger partial charge in [0.05, 0.1) is 7.11 Å². The van der Waals surface area contributed by atoms with Crippen molar-refractivity contribution in [2.24, 2.45) is 11.7 Å². The van der Waals surface area contributed by atoms with Crippen molar-refractivity contribution in [3.8, 4) is 5.75 Å². The van der Waals surface area contributed by atoms with E-state index in [-0.39, 0.29) is 6.04 Å². The average molecular weight is 241 g/mol. The second-order valence-corrected chi connectivity index (χ2v) is 5.27. The normalized spacial score (nSPS) is 23.9. The fraction of sp³-hybridized carbons (Fsp3) is 0.375. The first kappa shape index (κ1) is 11.5. The smallest absolute Gasteiger partial charge is 0.122 e. The van der Waals surface area contributed by atoms with Crippen molar-refractivity contribution < 1.29 is 4.74 Å². The molecule has 2 aromatic rings. The van der Waals surface area contributed by atoms with E-state index in [0.29, 0.717) is 11.8 Å². The summed E-state index contributed by atoms with van der Waals surface area (Å²) in [6, 6.07) is 13.0. The van der Waals surface area contributed by atoms with Gasteiger partial charge in [0.15, 0.2) is 0 Å². The van der Waals surface area contributed by atoms with E-state index in [0.717, 1.165) is 5.75 Å². The molecule has 18 heavy (non-hydrogen) atoms. The molecule has 0 radical (unpaired) electrons. The number of hydrogen-bond acceptors (Lipinski definition) is 2. The molecular formula is C16H19NO. The van der Waals surface area contributed by atoms with Crippen LogP contribution in [0.15, 0.2) is 36.4 Å². The zero-order valence-electron chi connectivity index (χ0n) is 10.9. The summed E-state index contributed by atoms with van der Waals surface area (Å²) in [7, 11) is 1.75. The first-order chi connectivity index (χ1) is 8.72. The molecule has 0 amide bonds. The highest BCUT2D eigenvalue weighted by atomic mass is 16.5. The van der Waals surface area contributed by atoms with Crippen molar-refractivity contribution in [2.75, 3.05) is 7.11 Å². The first-order valence-electron chi connectivity index (χ1n) is 6.53. The molecule has 0 heterocycles. The van der Waals surface area contributed by atoms with Crippen LogP contribution >= 0.6 is 0 Å². The molecule has 0 unspecified atom stereocenters. The van der Waals surface area contributed by atoms with E-state index in [1.54, 1.807) is 7.11 Å². The van der Waals surface area contributed by atoms with Crippen molar-refractivity contribution in [1.82, 2.24) is 0 Å². The Morgan fingerprint density at radius 1 is 1.22 bits per heavy atom. The van der Waals surface area contributed by atoms with Crippen LogP contribution in [0.25, 0.3) is 10.8 Å². The average Bonchev–Trinajstić information content (AvgIpc) is 3.17. The molecule has 0 bridgehead atoms. The maximum absolute atomic E-state index is 6.02. The zero-order chi connectivity index (χ0) is 12.7. The Labute approximate surface area is 108 Å².